The van der Waals surface area contributed by atoms with Crippen LogP contribution in [0.4, 0.5) is 5.13 Å². The number of hydrogen-bond acceptors (Lipinski definition) is 7. The van der Waals surface area contributed by atoms with E-state index in [1.165, 1.54) is 23.1 Å². The summed E-state index contributed by atoms with van der Waals surface area (Å²) in [7, 11) is 4.05. The van der Waals surface area contributed by atoms with Crippen LogP contribution in [0.25, 0.3) is 0 Å². The van der Waals surface area contributed by atoms with Crippen LogP contribution in [0.2, 0.25) is 0 Å². The molecule has 2 N–H and O–H groups in total. The number of carbonyl (C=O) groups is 1. The number of hydrogen-bond donors (Lipinski definition) is 2. The van der Waals surface area contributed by atoms with E-state index in [1.807, 2.05) is 14.1 Å². The molecule has 1 aromatic rings. The van der Waals surface area contributed by atoms with Crippen molar-refractivity contribution >= 4 is 34.2 Å². The first-order valence-corrected chi connectivity index (χ1v) is 7.21. The molecule has 8 heteroatoms. The fourth-order valence-electron chi connectivity index (χ4n) is 0.913. The molecule has 1 rings (SSSR count). The van der Waals surface area contributed by atoms with Gasteiger partial charge in [0.05, 0.1) is 5.75 Å². The molecule has 18 heavy (non-hydrogen) atoms. The molecular formula is C10H18N4O2S2. The Kier molecular flexibility index (Phi) is 5.36. The highest BCUT2D eigenvalue weighted by Crippen LogP contribution is 2.25. The number of nitrogens with zero attached hydrogens (tertiary/aromatic N) is 3. The van der Waals surface area contributed by atoms with Gasteiger partial charge in [-0.2, -0.15) is 0 Å². The smallest absolute Gasteiger partial charge is 0.313 e. The van der Waals surface area contributed by atoms with Crippen molar-refractivity contribution in [1.82, 2.24) is 15.1 Å². The third kappa shape index (κ3) is 4.79. The van der Waals surface area contributed by atoms with Crippen LogP contribution in [-0.2, 0) is 4.79 Å². The van der Waals surface area contributed by atoms with Crippen molar-refractivity contribution in [2.24, 2.45) is 0 Å². The fourth-order valence-corrected chi connectivity index (χ4v) is 2.38. The van der Waals surface area contributed by atoms with E-state index in [-0.39, 0.29) is 11.3 Å². The van der Waals surface area contributed by atoms with E-state index in [0.717, 1.165) is 11.7 Å². The van der Waals surface area contributed by atoms with Crippen molar-refractivity contribution in [2.75, 3.05) is 31.7 Å². The first-order valence-electron chi connectivity index (χ1n) is 5.40. The van der Waals surface area contributed by atoms with Crippen molar-refractivity contribution in [3.05, 3.63) is 0 Å². The van der Waals surface area contributed by atoms with Gasteiger partial charge in [0, 0.05) is 12.1 Å². The highest BCUT2D eigenvalue weighted by Gasteiger charge is 2.20. The predicted octanol–water partition coefficient (Wildman–Crippen LogP) is 1.47. The van der Waals surface area contributed by atoms with Crippen molar-refractivity contribution in [2.45, 2.75) is 23.7 Å². The molecule has 0 spiro atoms. The normalized spacial score (nSPS) is 11.8. The molecule has 102 valence electrons. The number of carboxylic acids is 1. The minimum absolute atomic E-state index is 0.0117. The molecule has 0 saturated heterocycles. The molecule has 0 bridgehead atoms. The number of likely N-dealkylation sites (N-methyl/N-ethyl adjacent to an activating group) is 1. The quantitative estimate of drug-likeness (QED) is 0.736. The van der Waals surface area contributed by atoms with Crippen molar-refractivity contribution in [3.63, 3.8) is 0 Å². The second kappa shape index (κ2) is 6.35. The monoisotopic (exact) mass is 290 g/mol. The summed E-state index contributed by atoms with van der Waals surface area (Å²) in [5.74, 6) is -0.837. The molecule has 6 nitrogen and oxygen atoms in total. The number of carboxylic acid groups (broad SMARTS) is 1. The molecule has 0 aliphatic carbocycles. The summed E-state index contributed by atoms with van der Waals surface area (Å²) in [5.41, 5.74) is 0.0139. The molecule has 0 unspecified atom stereocenters. The fraction of sp³-hybridized carbons (Fsp3) is 0.700. The second-order valence-corrected chi connectivity index (χ2v) is 6.82. The van der Waals surface area contributed by atoms with Gasteiger partial charge in [-0.15, -0.1) is 10.2 Å². The molecule has 0 aliphatic heterocycles. The Morgan fingerprint density at radius 1 is 1.50 bits per heavy atom. The zero-order valence-corrected chi connectivity index (χ0v) is 12.6. The topological polar surface area (TPSA) is 78.3 Å². The van der Waals surface area contributed by atoms with Crippen LogP contribution >= 0.6 is 23.1 Å². The number of anilines is 1. The summed E-state index contributed by atoms with van der Waals surface area (Å²) in [4.78, 5) is 12.6. The van der Waals surface area contributed by atoms with Crippen LogP contribution in [0.1, 0.15) is 13.8 Å². The van der Waals surface area contributed by atoms with Gasteiger partial charge in [-0.25, -0.2) is 0 Å². The van der Waals surface area contributed by atoms with E-state index in [1.54, 1.807) is 0 Å². The van der Waals surface area contributed by atoms with Crippen LogP contribution < -0.4 is 5.32 Å². The standard InChI is InChI=1S/C10H18N4O2S2/c1-10(2,14(3)4)6-11-8-12-13-9(18-8)17-5-7(15)16/h5-6H2,1-4H3,(H,11,12)(H,15,16). The van der Waals surface area contributed by atoms with Crippen LogP contribution in [-0.4, -0.2) is 58.1 Å². The molecule has 0 aliphatic rings. The van der Waals surface area contributed by atoms with Crippen molar-refractivity contribution in [3.8, 4) is 0 Å². The van der Waals surface area contributed by atoms with Crippen molar-refractivity contribution in [1.29, 1.82) is 0 Å². The zero-order valence-electron chi connectivity index (χ0n) is 10.9. The van der Waals surface area contributed by atoms with Gasteiger partial charge in [0.1, 0.15) is 0 Å². The molecule has 1 heterocycles. The van der Waals surface area contributed by atoms with Gasteiger partial charge < -0.3 is 15.3 Å². The maximum absolute atomic E-state index is 10.4. The molecule has 0 amide bonds. The second-order valence-electron chi connectivity index (χ2n) is 4.62. The van der Waals surface area contributed by atoms with E-state index >= 15 is 0 Å². The van der Waals surface area contributed by atoms with Gasteiger partial charge in [-0.05, 0) is 27.9 Å². The zero-order chi connectivity index (χ0) is 13.8. The van der Waals surface area contributed by atoms with Gasteiger partial charge in [-0.1, -0.05) is 23.1 Å². The van der Waals surface area contributed by atoms with Crippen LogP contribution in [0.15, 0.2) is 4.34 Å². The summed E-state index contributed by atoms with van der Waals surface area (Å²) in [6.45, 7) is 5.00. The van der Waals surface area contributed by atoms with Gasteiger partial charge in [-0.3, -0.25) is 4.79 Å². The summed E-state index contributed by atoms with van der Waals surface area (Å²) < 4.78 is 0.669. The highest BCUT2D eigenvalue weighted by molar-refractivity contribution is 8.01. The molecular weight excluding hydrogens is 272 g/mol. The minimum Gasteiger partial charge on any atom is -0.481 e. The number of thioether (sulfide) groups is 1. The lowest BCUT2D eigenvalue weighted by Crippen LogP contribution is -2.44. The largest absolute Gasteiger partial charge is 0.481 e. The van der Waals surface area contributed by atoms with E-state index < -0.39 is 5.97 Å². The summed E-state index contributed by atoms with van der Waals surface area (Å²) in [6, 6.07) is 0. The number of aromatic nitrogens is 2. The average molecular weight is 290 g/mol. The number of aliphatic carboxylic acids is 1. The Balaban J connectivity index is 2.47. The molecule has 1 aromatic heterocycles. The average Bonchev–Trinajstić information content (AvgIpc) is 2.71. The molecule has 0 fully saturated rings. The lowest BCUT2D eigenvalue weighted by molar-refractivity contribution is -0.133. The Morgan fingerprint density at radius 2 is 2.17 bits per heavy atom. The Morgan fingerprint density at radius 3 is 2.72 bits per heavy atom. The van der Waals surface area contributed by atoms with Gasteiger partial charge >= 0.3 is 5.97 Å². The van der Waals surface area contributed by atoms with E-state index in [9.17, 15) is 4.79 Å². The van der Waals surface area contributed by atoms with Crippen LogP contribution in [0.5, 0.6) is 0 Å². The third-order valence-electron chi connectivity index (χ3n) is 2.61. The van der Waals surface area contributed by atoms with Crippen LogP contribution in [0.3, 0.4) is 0 Å². The number of nitrogens with one attached hydrogen (secondary N) is 1. The minimum atomic E-state index is -0.849. The van der Waals surface area contributed by atoms with Gasteiger partial charge in [0.2, 0.25) is 5.13 Å². The predicted molar refractivity (Wildman–Crippen MR) is 74.5 cm³/mol. The van der Waals surface area contributed by atoms with Crippen LogP contribution in [0, 0.1) is 0 Å². The lowest BCUT2D eigenvalue weighted by Gasteiger charge is -2.32. The lowest BCUT2D eigenvalue weighted by atomic mass is 10.1. The molecule has 0 radical (unpaired) electrons. The maximum atomic E-state index is 10.4. The molecule has 0 aromatic carbocycles. The van der Waals surface area contributed by atoms with E-state index in [2.05, 4.69) is 34.3 Å². The maximum Gasteiger partial charge on any atom is 0.313 e. The Labute approximate surface area is 115 Å². The summed E-state index contributed by atoms with van der Waals surface area (Å²) in [5, 5.41) is 20.4. The third-order valence-corrected chi connectivity index (χ3v) is 4.61. The SMILES string of the molecule is CN(C)C(C)(C)CNc1nnc(SCC(=O)O)s1. The number of rotatable bonds is 7. The van der Waals surface area contributed by atoms with Crippen molar-refractivity contribution < 1.29 is 9.90 Å². The Hall–Kier alpha value is -0.860. The van der Waals surface area contributed by atoms with E-state index in [4.69, 9.17) is 5.11 Å². The summed E-state index contributed by atoms with van der Waals surface area (Å²) >= 11 is 2.56. The highest BCUT2D eigenvalue weighted by atomic mass is 32.2. The van der Waals surface area contributed by atoms with E-state index in [0.29, 0.717) is 4.34 Å². The van der Waals surface area contributed by atoms with Gasteiger partial charge in [0.25, 0.3) is 0 Å². The molecule has 0 atom stereocenters. The summed E-state index contributed by atoms with van der Waals surface area (Å²) in [6.07, 6.45) is 0. The first-order chi connectivity index (χ1) is 8.31. The molecule has 0 saturated carbocycles. The first kappa shape index (κ1) is 15.2. The Bertz CT molecular complexity index is 406. The van der Waals surface area contributed by atoms with Gasteiger partial charge in [0.15, 0.2) is 4.34 Å².